The number of amides is 1. The molecule has 1 unspecified atom stereocenters. The number of likely N-dealkylation sites (tertiary alicyclic amines) is 1. The van der Waals surface area contributed by atoms with Gasteiger partial charge in [0.25, 0.3) is 5.91 Å². The average Bonchev–Trinajstić information content (AvgIpc) is 1.85. The second kappa shape index (κ2) is 1.97. The fourth-order valence-electron chi connectivity index (χ4n) is 1.27. The van der Waals surface area contributed by atoms with Crippen LogP contribution >= 0.6 is 0 Å². The molecule has 1 amide bonds. The van der Waals surface area contributed by atoms with Gasteiger partial charge in [-0.15, -0.1) is 0 Å². The molecule has 0 spiro atoms. The average molecular weight is 157 g/mol. The molecule has 0 saturated carbocycles. The number of likely N-dealkylation sites (N-methyl/N-ethyl adjacent to an activating group) is 1. The van der Waals surface area contributed by atoms with E-state index in [-0.39, 0.29) is 11.3 Å². The molecule has 3 nitrogen and oxygen atoms in total. The molecule has 64 valence electrons. The van der Waals surface area contributed by atoms with Crippen LogP contribution in [-0.4, -0.2) is 35.1 Å². The maximum Gasteiger partial charge on any atom is 0.256 e. The van der Waals surface area contributed by atoms with Gasteiger partial charge >= 0.3 is 0 Å². The lowest BCUT2D eigenvalue weighted by molar-refractivity contribution is -0.191. The molecular weight excluding hydrogens is 142 g/mol. The van der Waals surface area contributed by atoms with Crippen LogP contribution in [0.3, 0.4) is 0 Å². The van der Waals surface area contributed by atoms with Gasteiger partial charge in [0.1, 0.15) is 0 Å². The minimum absolute atomic E-state index is 0.162. The highest BCUT2D eigenvalue weighted by atomic mass is 16.3. The van der Waals surface area contributed by atoms with Crippen molar-refractivity contribution in [1.29, 1.82) is 0 Å². The van der Waals surface area contributed by atoms with E-state index in [1.807, 2.05) is 20.8 Å². The van der Waals surface area contributed by atoms with Gasteiger partial charge in [0, 0.05) is 12.5 Å². The minimum Gasteiger partial charge on any atom is -0.378 e. The first-order valence-electron chi connectivity index (χ1n) is 3.77. The van der Waals surface area contributed by atoms with E-state index in [2.05, 4.69) is 0 Å². The smallest absolute Gasteiger partial charge is 0.256 e. The number of β-lactam (4-membered cyclic amide) rings is 1. The van der Waals surface area contributed by atoms with Crippen molar-refractivity contribution in [2.75, 3.05) is 13.6 Å². The maximum absolute atomic E-state index is 11.2. The predicted octanol–water partition coefficient (Wildman–Crippen LogP) is 0.236. The van der Waals surface area contributed by atoms with Gasteiger partial charge in [-0.1, -0.05) is 20.8 Å². The van der Waals surface area contributed by atoms with Crippen molar-refractivity contribution in [3.63, 3.8) is 0 Å². The molecule has 1 saturated heterocycles. The molecule has 0 aliphatic carbocycles. The van der Waals surface area contributed by atoms with E-state index >= 15 is 0 Å². The van der Waals surface area contributed by atoms with Crippen molar-refractivity contribution in [2.45, 2.75) is 26.4 Å². The van der Waals surface area contributed by atoms with E-state index in [1.54, 1.807) is 7.05 Å². The zero-order chi connectivity index (χ0) is 8.86. The van der Waals surface area contributed by atoms with Crippen molar-refractivity contribution in [3.8, 4) is 0 Å². The van der Waals surface area contributed by atoms with Crippen molar-refractivity contribution in [3.05, 3.63) is 0 Å². The Morgan fingerprint density at radius 3 is 2.09 bits per heavy atom. The summed E-state index contributed by atoms with van der Waals surface area (Å²) in [5.41, 5.74) is -1.47. The van der Waals surface area contributed by atoms with Crippen LogP contribution in [0.15, 0.2) is 0 Å². The molecule has 0 aromatic rings. The van der Waals surface area contributed by atoms with Crippen LogP contribution in [-0.2, 0) is 4.79 Å². The molecule has 1 aliphatic heterocycles. The Morgan fingerprint density at radius 1 is 1.55 bits per heavy atom. The summed E-state index contributed by atoms with van der Waals surface area (Å²) in [5.74, 6) is -0.162. The summed E-state index contributed by atoms with van der Waals surface area (Å²) in [4.78, 5) is 12.7. The summed E-state index contributed by atoms with van der Waals surface area (Å²) in [6.07, 6.45) is 0. The quantitative estimate of drug-likeness (QED) is 0.511. The van der Waals surface area contributed by atoms with Gasteiger partial charge < -0.3 is 10.0 Å². The van der Waals surface area contributed by atoms with Crippen molar-refractivity contribution in [1.82, 2.24) is 4.90 Å². The van der Waals surface area contributed by atoms with E-state index in [0.29, 0.717) is 6.54 Å². The molecule has 1 heterocycles. The number of aliphatic hydroxyl groups is 1. The van der Waals surface area contributed by atoms with Crippen molar-refractivity contribution in [2.24, 2.45) is 5.41 Å². The van der Waals surface area contributed by atoms with Gasteiger partial charge in [0.15, 0.2) is 5.60 Å². The Labute approximate surface area is 67.0 Å². The zero-order valence-electron chi connectivity index (χ0n) is 7.51. The molecule has 1 aliphatic rings. The number of β-amino-alcohol motifs (C(OH)–C–C–N with tert-alkyl or cyclic N) is 1. The number of nitrogens with zero attached hydrogens (tertiary/aromatic N) is 1. The monoisotopic (exact) mass is 157 g/mol. The predicted molar refractivity (Wildman–Crippen MR) is 42.0 cm³/mol. The Bertz CT molecular complexity index is 195. The lowest BCUT2D eigenvalue weighted by Gasteiger charge is -2.50. The summed E-state index contributed by atoms with van der Waals surface area (Å²) in [7, 11) is 1.70. The highest BCUT2D eigenvalue weighted by Crippen LogP contribution is 2.37. The van der Waals surface area contributed by atoms with E-state index < -0.39 is 5.60 Å². The second-order valence-corrected chi connectivity index (χ2v) is 4.27. The van der Waals surface area contributed by atoms with Crippen LogP contribution < -0.4 is 0 Å². The van der Waals surface area contributed by atoms with E-state index in [9.17, 15) is 9.90 Å². The highest BCUT2D eigenvalue weighted by Gasteiger charge is 2.56. The Balaban J connectivity index is 2.81. The van der Waals surface area contributed by atoms with Crippen LogP contribution in [0.5, 0.6) is 0 Å². The lowest BCUT2D eigenvalue weighted by Crippen LogP contribution is -2.70. The molecule has 3 heteroatoms. The SMILES string of the molecule is CN1CC(O)(C(C)(C)C)C1=O. The van der Waals surface area contributed by atoms with Gasteiger partial charge in [-0.25, -0.2) is 0 Å². The number of hydrogen-bond donors (Lipinski definition) is 1. The van der Waals surface area contributed by atoms with Crippen LogP contribution in [0.2, 0.25) is 0 Å². The second-order valence-electron chi connectivity index (χ2n) is 4.27. The number of rotatable bonds is 0. The van der Waals surface area contributed by atoms with Crippen molar-refractivity contribution >= 4 is 5.91 Å². The van der Waals surface area contributed by atoms with E-state index in [1.165, 1.54) is 4.90 Å². The third kappa shape index (κ3) is 0.948. The maximum atomic E-state index is 11.2. The fraction of sp³-hybridized carbons (Fsp3) is 0.875. The largest absolute Gasteiger partial charge is 0.378 e. The first kappa shape index (κ1) is 8.53. The Morgan fingerprint density at radius 2 is 2.00 bits per heavy atom. The van der Waals surface area contributed by atoms with E-state index in [0.717, 1.165) is 0 Å². The third-order valence-electron chi connectivity index (χ3n) is 2.41. The zero-order valence-corrected chi connectivity index (χ0v) is 7.51. The van der Waals surface area contributed by atoms with Crippen molar-refractivity contribution < 1.29 is 9.90 Å². The van der Waals surface area contributed by atoms with Crippen LogP contribution in [0, 0.1) is 5.41 Å². The normalized spacial score (nSPS) is 32.1. The summed E-state index contributed by atoms with van der Waals surface area (Å²) < 4.78 is 0. The summed E-state index contributed by atoms with van der Waals surface area (Å²) in [6.45, 7) is 6.07. The number of carbonyl (C=O) groups is 1. The van der Waals surface area contributed by atoms with Crippen LogP contribution in [0.4, 0.5) is 0 Å². The first-order valence-corrected chi connectivity index (χ1v) is 3.77. The molecule has 0 radical (unpaired) electrons. The molecule has 0 aromatic carbocycles. The van der Waals surface area contributed by atoms with Crippen LogP contribution in [0.1, 0.15) is 20.8 Å². The molecule has 11 heavy (non-hydrogen) atoms. The van der Waals surface area contributed by atoms with Crippen LogP contribution in [0.25, 0.3) is 0 Å². The lowest BCUT2D eigenvalue weighted by atomic mass is 9.71. The van der Waals surface area contributed by atoms with Gasteiger partial charge in [0.2, 0.25) is 0 Å². The molecule has 1 rings (SSSR count). The standard InChI is InChI=1S/C8H15NO2/c1-7(2,3)8(11)5-9(4)6(8)10/h11H,5H2,1-4H3. The molecular formula is C8H15NO2. The molecule has 1 N–H and O–H groups in total. The first-order chi connectivity index (χ1) is 4.79. The number of carbonyl (C=O) groups excluding carboxylic acids is 1. The molecule has 1 atom stereocenters. The van der Waals surface area contributed by atoms with Gasteiger partial charge in [-0.2, -0.15) is 0 Å². The summed E-state index contributed by atoms with van der Waals surface area (Å²) in [5, 5.41) is 9.79. The number of hydrogen-bond acceptors (Lipinski definition) is 2. The highest BCUT2D eigenvalue weighted by molar-refractivity contribution is 5.91. The minimum atomic E-state index is -1.12. The van der Waals surface area contributed by atoms with Gasteiger partial charge in [-0.05, 0) is 0 Å². The van der Waals surface area contributed by atoms with Gasteiger partial charge in [-0.3, -0.25) is 4.79 Å². The van der Waals surface area contributed by atoms with E-state index in [4.69, 9.17) is 0 Å². The summed E-state index contributed by atoms with van der Waals surface area (Å²) in [6, 6.07) is 0. The molecule has 1 fully saturated rings. The third-order valence-corrected chi connectivity index (χ3v) is 2.41. The Hall–Kier alpha value is -0.570. The Kier molecular flexibility index (Phi) is 1.53. The molecule has 0 aromatic heterocycles. The fourth-order valence-corrected chi connectivity index (χ4v) is 1.27. The molecule has 0 bridgehead atoms. The topological polar surface area (TPSA) is 40.5 Å². The van der Waals surface area contributed by atoms with Gasteiger partial charge in [0.05, 0.1) is 6.54 Å². The summed E-state index contributed by atoms with van der Waals surface area (Å²) >= 11 is 0.